The fourth-order valence-electron chi connectivity index (χ4n) is 2.47. The summed E-state index contributed by atoms with van der Waals surface area (Å²) >= 11 is 1.63. The lowest BCUT2D eigenvalue weighted by Crippen LogP contribution is -2.22. The van der Waals surface area contributed by atoms with Crippen LogP contribution in [0.4, 0.5) is 10.5 Å². The summed E-state index contributed by atoms with van der Waals surface area (Å²) in [5.41, 5.74) is 1.42. The highest BCUT2D eigenvalue weighted by Gasteiger charge is 2.23. The standard InChI is InChI=1S/C19H23NO4S/c1-13(11-12-21)18(14-3-7-16(22)8-4-14)24-19(23)20-15-5-9-17(25-2)10-6-15/h3-10,13,18,21-22H,11-12H2,1-2H3,(H,20,23)/t13-,18+/m0/s1. The quantitative estimate of drug-likeness (QED) is 0.636. The molecule has 0 aromatic heterocycles. The molecule has 134 valence electrons. The molecule has 3 N–H and O–H groups in total. The fourth-order valence-corrected chi connectivity index (χ4v) is 2.88. The average Bonchev–Trinajstić information content (AvgIpc) is 2.61. The molecule has 0 saturated heterocycles. The molecule has 5 nitrogen and oxygen atoms in total. The van der Waals surface area contributed by atoms with Crippen LogP contribution in [0.2, 0.25) is 0 Å². The first-order valence-electron chi connectivity index (χ1n) is 8.05. The Balaban J connectivity index is 2.08. The van der Waals surface area contributed by atoms with Gasteiger partial charge in [0, 0.05) is 17.2 Å². The number of benzene rings is 2. The maximum Gasteiger partial charge on any atom is 0.412 e. The molecular formula is C19H23NO4S. The van der Waals surface area contributed by atoms with Crippen molar-refractivity contribution >= 4 is 23.5 Å². The van der Waals surface area contributed by atoms with Gasteiger partial charge >= 0.3 is 6.09 Å². The molecule has 0 heterocycles. The minimum atomic E-state index is -0.556. The van der Waals surface area contributed by atoms with Crippen molar-refractivity contribution in [3.63, 3.8) is 0 Å². The van der Waals surface area contributed by atoms with Gasteiger partial charge in [0.05, 0.1) is 0 Å². The number of carbonyl (C=O) groups is 1. The topological polar surface area (TPSA) is 78.8 Å². The molecule has 0 aliphatic rings. The molecule has 0 aliphatic heterocycles. The van der Waals surface area contributed by atoms with Crippen molar-refractivity contribution in [3.8, 4) is 5.75 Å². The van der Waals surface area contributed by atoms with Crippen LogP contribution in [0, 0.1) is 5.92 Å². The van der Waals surface area contributed by atoms with Gasteiger partial charge in [0.2, 0.25) is 0 Å². The van der Waals surface area contributed by atoms with E-state index in [-0.39, 0.29) is 18.3 Å². The number of rotatable bonds is 7. The van der Waals surface area contributed by atoms with Crippen molar-refractivity contribution in [3.05, 3.63) is 54.1 Å². The fraction of sp³-hybridized carbons (Fsp3) is 0.316. The predicted molar refractivity (Wildman–Crippen MR) is 100 cm³/mol. The molecule has 25 heavy (non-hydrogen) atoms. The smallest absolute Gasteiger partial charge is 0.412 e. The van der Waals surface area contributed by atoms with Crippen LogP contribution in [0.1, 0.15) is 25.0 Å². The molecule has 0 radical (unpaired) electrons. The van der Waals surface area contributed by atoms with Gasteiger partial charge in [0.1, 0.15) is 11.9 Å². The zero-order valence-corrected chi connectivity index (χ0v) is 15.1. The van der Waals surface area contributed by atoms with Crippen LogP contribution in [0.3, 0.4) is 0 Å². The van der Waals surface area contributed by atoms with E-state index >= 15 is 0 Å². The number of amides is 1. The van der Waals surface area contributed by atoms with E-state index in [2.05, 4.69) is 5.32 Å². The van der Waals surface area contributed by atoms with Gasteiger partial charge in [-0.1, -0.05) is 19.1 Å². The van der Waals surface area contributed by atoms with E-state index in [1.165, 1.54) is 0 Å². The number of carbonyl (C=O) groups excluding carboxylic acids is 1. The van der Waals surface area contributed by atoms with Gasteiger partial charge in [-0.25, -0.2) is 4.79 Å². The Morgan fingerprint density at radius 2 is 1.80 bits per heavy atom. The van der Waals surface area contributed by atoms with E-state index < -0.39 is 12.2 Å². The molecule has 2 atom stereocenters. The van der Waals surface area contributed by atoms with Crippen molar-refractivity contribution in [2.45, 2.75) is 24.3 Å². The molecule has 0 unspecified atom stereocenters. The Hall–Kier alpha value is -2.18. The second kappa shape index (κ2) is 9.34. The first-order chi connectivity index (χ1) is 12.0. The number of ether oxygens (including phenoxy) is 1. The molecule has 6 heteroatoms. The van der Waals surface area contributed by atoms with Crippen molar-refractivity contribution in [2.24, 2.45) is 5.92 Å². The third kappa shape index (κ3) is 5.69. The summed E-state index contributed by atoms with van der Waals surface area (Å²) in [6.45, 7) is 1.92. The Morgan fingerprint density at radius 1 is 1.16 bits per heavy atom. The number of anilines is 1. The average molecular weight is 361 g/mol. The van der Waals surface area contributed by atoms with Gasteiger partial charge in [0.15, 0.2) is 0 Å². The number of phenolic OH excluding ortho intramolecular Hbond substituents is 1. The van der Waals surface area contributed by atoms with Gasteiger partial charge in [0.25, 0.3) is 0 Å². The predicted octanol–water partition coefficient (Wildman–Crippen LogP) is 4.42. The first kappa shape index (κ1) is 19.1. The monoisotopic (exact) mass is 361 g/mol. The van der Waals surface area contributed by atoms with Crippen LogP contribution in [0.15, 0.2) is 53.4 Å². The highest BCUT2D eigenvalue weighted by atomic mass is 32.2. The Bertz CT molecular complexity index is 673. The number of aliphatic hydroxyl groups excluding tert-OH is 1. The van der Waals surface area contributed by atoms with E-state index in [4.69, 9.17) is 4.74 Å². The molecule has 2 rings (SSSR count). The number of hydrogen-bond acceptors (Lipinski definition) is 5. The summed E-state index contributed by atoms with van der Waals surface area (Å²) in [5.74, 6) is 0.0785. The molecule has 2 aromatic rings. The summed E-state index contributed by atoms with van der Waals surface area (Å²) in [7, 11) is 0. The van der Waals surface area contributed by atoms with Crippen LogP contribution in [-0.2, 0) is 4.74 Å². The van der Waals surface area contributed by atoms with Crippen LogP contribution < -0.4 is 5.32 Å². The van der Waals surface area contributed by atoms with Crippen molar-refractivity contribution in [2.75, 3.05) is 18.2 Å². The van der Waals surface area contributed by atoms with E-state index in [0.29, 0.717) is 12.1 Å². The molecule has 0 spiro atoms. The summed E-state index contributed by atoms with van der Waals surface area (Å²) in [5, 5.41) is 21.4. The highest BCUT2D eigenvalue weighted by Crippen LogP contribution is 2.30. The van der Waals surface area contributed by atoms with Crippen LogP contribution in [-0.4, -0.2) is 29.2 Å². The number of aliphatic hydroxyl groups is 1. The van der Waals surface area contributed by atoms with Crippen molar-refractivity contribution < 1.29 is 19.7 Å². The number of phenols is 1. The molecular weight excluding hydrogens is 338 g/mol. The molecule has 2 aromatic carbocycles. The largest absolute Gasteiger partial charge is 0.508 e. The number of nitrogens with one attached hydrogen (secondary N) is 1. The lowest BCUT2D eigenvalue weighted by Gasteiger charge is -2.24. The maximum atomic E-state index is 12.3. The van der Waals surface area contributed by atoms with Crippen molar-refractivity contribution in [1.29, 1.82) is 0 Å². The van der Waals surface area contributed by atoms with E-state index in [9.17, 15) is 15.0 Å². The van der Waals surface area contributed by atoms with Gasteiger partial charge in [-0.05, 0) is 60.6 Å². The SMILES string of the molecule is CSc1ccc(NC(=O)O[C@@H](c2ccc(O)cc2)[C@@H](C)CCO)cc1. The summed E-state index contributed by atoms with van der Waals surface area (Å²) in [6.07, 6.45) is 1.42. The van der Waals surface area contributed by atoms with Gasteiger partial charge in [-0.3, -0.25) is 5.32 Å². The second-order valence-electron chi connectivity index (χ2n) is 5.76. The normalized spacial score (nSPS) is 13.1. The van der Waals surface area contributed by atoms with Gasteiger partial charge in [-0.2, -0.15) is 0 Å². The highest BCUT2D eigenvalue weighted by molar-refractivity contribution is 7.98. The summed E-state index contributed by atoms with van der Waals surface area (Å²) in [6, 6.07) is 14.0. The maximum absolute atomic E-state index is 12.3. The summed E-state index contributed by atoms with van der Waals surface area (Å²) in [4.78, 5) is 13.4. The van der Waals surface area contributed by atoms with E-state index in [1.807, 2.05) is 37.4 Å². The lowest BCUT2D eigenvalue weighted by molar-refractivity contribution is 0.0667. The number of thioether (sulfide) groups is 1. The van der Waals surface area contributed by atoms with Crippen LogP contribution in [0.5, 0.6) is 5.75 Å². The molecule has 0 saturated carbocycles. The zero-order valence-electron chi connectivity index (χ0n) is 14.3. The van der Waals surface area contributed by atoms with Gasteiger partial charge in [-0.15, -0.1) is 11.8 Å². The Labute approximate surface area is 152 Å². The molecule has 0 aliphatic carbocycles. The molecule has 1 amide bonds. The van der Waals surface area contributed by atoms with Crippen LogP contribution >= 0.6 is 11.8 Å². The van der Waals surface area contributed by atoms with E-state index in [0.717, 1.165) is 10.5 Å². The van der Waals surface area contributed by atoms with Gasteiger partial charge < -0.3 is 14.9 Å². The van der Waals surface area contributed by atoms with E-state index in [1.54, 1.807) is 36.0 Å². The lowest BCUT2D eigenvalue weighted by atomic mass is 9.94. The molecule has 0 bridgehead atoms. The Kier molecular flexibility index (Phi) is 7.16. The first-order valence-corrected chi connectivity index (χ1v) is 9.27. The zero-order chi connectivity index (χ0) is 18.2. The number of hydrogen-bond donors (Lipinski definition) is 3. The minimum absolute atomic E-state index is 0.0108. The third-order valence-electron chi connectivity index (χ3n) is 3.89. The van der Waals surface area contributed by atoms with Crippen LogP contribution in [0.25, 0.3) is 0 Å². The minimum Gasteiger partial charge on any atom is -0.508 e. The second-order valence-corrected chi connectivity index (χ2v) is 6.64. The van der Waals surface area contributed by atoms with Crippen molar-refractivity contribution in [1.82, 2.24) is 0 Å². The Morgan fingerprint density at radius 3 is 2.36 bits per heavy atom. The summed E-state index contributed by atoms with van der Waals surface area (Å²) < 4.78 is 5.60. The number of aromatic hydroxyl groups is 1. The third-order valence-corrected chi connectivity index (χ3v) is 4.64. The molecule has 0 fully saturated rings.